The Kier molecular flexibility index (Phi) is 5.45. The maximum Gasteiger partial charge on any atom is 0.127 e. The largest absolute Gasteiger partial charge is 0.309 e. The average Bonchev–Trinajstić information content (AvgIpc) is 2.40. The molecule has 0 saturated heterocycles. The molecule has 2 rings (SSSR count). The molecule has 0 fully saturated rings. The van der Waals surface area contributed by atoms with Gasteiger partial charge in [0.05, 0.1) is 6.04 Å². The van der Waals surface area contributed by atoms with Crippen molar-refractivity contribution in [1.29, 1.82) is 0 Å². The van der Waals surface area contributed by atoms with Crippen LogP contribution in [0.1, 0.15) is 22.7 Å². The number of benzene rings is 2. The molecule has 1 N–H and O–H groups in total. The van der Waals surface area contributed by atoms with Gasteiger partial charge in [-0.2, -0.15) is 0 Å². The van der Waals surface area contributed by atoms with Gasteiger partial charge in [-0.15, -0.1) is 0 Å². The summed E-state index contributed by atoms with van der Waals surface area (Å²) in [6.45, 7) is 1.74. The highest BCUT2D eigenvalue weighted by Crippen LogP contribution is 2.33. The topological polar surface area (TPSA) is 12.0 Å². The molecule has 0 heterocycles. The summed E-state index contributed by atoms with van der Waals surface area (Å²) in [5.41, 5.74) is 2.58. The van der Waals surface area contributed by atoms with Crippen LogP contribution < -0.4 is 5.32 Å². The smallest absolute Gasteiger partial charge is 0.127 e. The maximum atomic E-state index is 13.6. The third-order valence-electron chi connectivity index (χ3n) is 3.15. The Morgan fingerprint density at radius 2 is 1.95 bits per heavy atom. The van der Waals surface area contributed by atoms with Crippen LogP contribution in [0.3, 0.4) is 0 Å². The molecule has 0 aliphatic rings. The number of nitrogens with one attached hydrogen (secondary N) is 1. The van der Waals surface area contributed by atoms with Crippen LogP contribution in [-0.2, 0) is 0 Å². The second-order valence-electron chi connectivity index (χ2n) is 4.51. The molecule has 1 nitrogen and oxygen atoms in total. The Morgan fingerprint density at radius 3 is 2.60 bits per heavy atom. The van der Waals surface area contributed by atoms with E-state index >= 15 is 0 Å². The first-order valence-electron chi connectivity index (χ1n) is 6.01. The highest BCUT2D eigenvalue weighted by molar-refractivity contribution is 14.1. The SMILES string of the molecule is CNC(c1cc(C)c(F)cc1Cl)c1cc(Br)ccc1I. The van der Waals surface area contributed by atoms with Gasteiger partial charge in [-0.25, -0.2) is 4.39 Å². The van der Waals surface area contributed by atoms with E-state index < -0.39 is 0 Å². The van der Waals surface area contributed by atoms with Crippen molar-refractivity contribution in [3.05, 3.63) is 65.9 Å². The zero-order valence-corrected chi connectivity index (χ0v) is 15.5. The predicted molar refractivity (Wildman–Crippen MR) is 93.9 cm³/mol. The quantitative estimate of drug-likeness (QED) is 0.590. The highest BCUT2D eigenvalue weighted by atomic mass is 127. The van der Waals surface area contributed by atoms with E-state index in [1.54, 1.807) is 13.0 Å². The molecule has 0 amide bonds. The third-order valence-corrected chi connectivity index (χ3v) is 4.95. The molecular weight excluding hydrogens is 455 g/mol. The van der Waals surface area contributed by atoms with E-state index in [0.717, 1.165) is 19.2 Å². The van der Waals surface area contributed by atoms with Gasteiger partial charge >= 0.3 is 0 Å². The van der Waals surface area contributed by atoms with Gasteiger partial charge in [-0.3, -0.25) is 0 Å². The number of hydrogen-bond acceptors (Lipinski definition) is 1. The molecule has 0 saturated carbocycles. The Labute approximate surface area is 145 Å². The summed E-state index contributed by atoms with van der Waals surface area (Å²) < 4.78 is 15.7. The molecular formula is C15H13BrClFIN. The van der Waals surface area contributed by atoms with Gasteiger partial charge in [-0.1, -0.05) is 27.5 Å². The number of rotatable bonds is 3. The Morgan fingerprint density at radius 1 is 1.25 bits per heavy atom. The van der Waals surface area contributed by atoms with Crippen molar-refractivity contribution in [3.8, 4) is 0 Å². The van der Waals surface area contributed by atoms with Gasteiger partial charge in [0, 0.05) is 13.1 Å². The lowest BCUT2D eigenvalue weighted by molar-refractivity contribution is 0.614. The minimum absolute atomic E-state index is 0.0776. The predicted octanol–water partition coefficient (Wildman–Crippen LogP) is 5.46. The van der Waals surface area contributed by atoms with Gasteiger partial charge in [-0.05, 0) is 83.6 Å². The van der Waals surface area contributed by atoms with Gasteiger partial charge in [0.15, 0.2) is 0 Å². The van der Waals surface area contributed by atoms with Crippen LogP contribution in [0, 0.1) is 16.3 Å². The van der Waals surface area contributed by atoms with Crippen LogP contribution in [0.25, 0.3) is 0 Å². The number of halogens is 4. The van der Waals surface area contributed by atoms with Crippen molar-refractivity contribution in [2.24, 2.45) is 0 Å². The second kappa shape index (κ2) is 6.73. The van der Waals surface area contributed by atoms with E-state index in [0.29, 0.717) is 10.6 Å². The molecule has 0 radical (unpaired) electrons. The number of hydrogen-bond donors (Lipinski definition) is 1. The summed E-state index contributed by atoms with van der Waals surface area (Å²) in [7, 11) is 1.87. The Balaban J connectivity index is 2.58. The first-order valence-corrected chi connectivity index (χ1v) is 8.26. The zero-order chi connectivity index (χ0) is 14.9. The molecule has 1 unspecified atom stereocenters. The summed E-state index contributed by atoms with van der Waals surface area (Å²) in [5.74, 6) is -0.280. The minimum atomic E-state index is -0.280. The molecule has 5 heteroatoms. The van der Waals surface area contributed by atoms with Crippen LogP contribution in [0.4, 0.5) is 4.39 Å². The van der Waals surface area contributed by atoms with E-state index in [9.17, 15) is 4.39 Å². The average molecular weight is 469 g/mol. The van der Waals surface area contributed by atoms with Crippen molar-refractivity contribution in [3.63, 3.8) is 0 Å². The Hall–Kier alpha value is -0.170. The highest BCUT2D eigenvalue weighted by Gasteiger charge is 2.19. The summed E-state index contributed by atoms with van der Waals surface area (Å²) in [6.07, 6.45) is 0. The van der Waals surface area contributed by atoms with Crippen LogP contribution in [0.2, 0.25) is 5.02 Å². The molecule has 20 heavy (non-hydrogen) atoms. The molecule has 2 aromatic carbocycles. The summed E-state index contributed by atoms with van der Waals surface area (Å²) in [4.78, 5) is 0. The van der Waals surface area contributed by atoms with E-state index in [1.807, 2.05) is 19.2 Å². The lowest BCUT2D eigenvalue weighted by Gasteiger charge is -2.21. The van der Waals surface area contributed by atoms with Crippen molar-refractivity contribution >= 4 is 50.1 Å². The fourth-order valence-corrected chi connectivity index (χ4v) is 3.40. The van der Waals surface area contributed by atoms with Crippen molar-refractivity contribution in [2.45, 2.75) is 13.0 Å². The van der Waals surface area contributed by atoms with Crippen LogP contribution in [0.5, 0.6) is 0 Å². The van der Waals surface area contributed by atoms with Crippen molar-refractivity contribution < 1.29 is 4.39 Å². The normalized spacial score (nSPS) is 12.5. The monoisotopic (exact) mass is 467 g/mol. The molecule has 106 valence electrons. The fraction of sp³-hybridized carbons (Fsp3) is 0.200. The van der Waals surface area contributed by atoms with Crippen LogP contribution >= 0.6 is 50.1 Å². The van der Waals surface area contributed by atoms with Gasteiger partial charge in [0.1, 0.15) is 5.82 Å². The first-order chi connectivity index (χ1) is 9.43. The maximum absolute atomic E-state index is 13.6. The van der Waals surface area contributed by atoms with E-state index in [2.05, 4.69) is 49.9 Å². The van der Waals surface area contributed by atoms with Gasteiger partial charge in [0.25, 0.3) is 0 Å². The van der Waals surface area contributed by atoms with Crippen molar-refractivity contribution in [1.82, 2.24) is 5.32 Å². The summed E-state index contributed by atoms with van der Waals surface area (Å²) >= 11 is 12.0. The Bertz CT molecular complexity index is 648. The van der Waals surface area contributed by atoms with Gasteiger partial charge in [0.2, 0.25) is 0 Å². The first kappa shape index (κ1) is 16.2. The summed E-state index contributed by atoms with van der Waals surface area (Å²) in [6, 6.07) is 9.19. The van der Waals surface area contributed by atoms with Crippen LogP contribution in [0.15, 0.2) is 34.8 Å². The molecule has 0 aromatic heterocycles. The van der Waals surface area contributed by atoms with E-state index in [4.69, 9.17) is 11.6 Å². The third kappa shape index (κ3) is 3.35. The molecule has 0 bridgehead atoms. The standard InChI is InChI=1S/C15H13BrClFIN/c1-8-5-10(12(17)7-13(8)18)15(20-2)11-6-9(16)3-4-14(11)19/h3-7,15,20H,1-2H3. The minimum Gasteiger partial charge on any atom is -0.309 e. The van der Waals surface area contributed by atoms with E-state index in [1.165, 1.54) is 6.07 Å². The molecule has 2 aromatic rings. The lowest BCUT2D eigenvalue weighted by Crippen LogP contribution is -2.19. The molecule has 0 aliphatic heterocycles. The summed E-state index contributed by atoms with van der Waals surface area (Å²) in [5, 5.41) is 3.69. The fourth-order valence-electron chi connectivity index (χ4n) is 2.12. The van der Waals surface area contributed by atoms with E-state index in [-0.39, 0.29) is 11.9 Å². The van der Waals surface area contributed by atoms with Crippen molar-refractivity contribution in [2.75, 3.05) is 7.05 Å². The lowest BCUT2D eigenvalue weighted by atomic mass is 9.97. The zero-order valence-electron chi connectivity index (χ0n) is 11.0. The molecule has 0 spiro atoms. The van der Waals surface area contributed by atoms with Crippen LogP contribution in [-0.4, -0.2) is 7.05 Å². The second-order valence-corrected chi connectivity index (χ2v) is 7.00. The molecule has 1 atom stereocenters. The van der Waals surface area contributed by atoms with Gasteiger partial charge < -0.3 is 5.32 Å². The molecule has 0 aliphatic carbocycles. The number of aryl methyl sites for hydroxylation is 1.